The van der Waals surface area contributed by atoms with Gasteiger partial charge in [0.05, 0.1) is 0 Å². The molecule has 0 N–H and O–H groups in total. The Morgan fingerprint density at radius 1 is 0.297 bits per heavy atom. The first kappa shape index (κ1) is 69.5. The topological polar surface area (TPSA) is 78.9 Å². The minimum atomic E-state index is -0.803. The van der Waals surface area contributed by atoms with Gasteiger partial charge in [0.1, 0.15) is 13.2 Å². The van der Waals surface area contributed by atoms with Crippen LogP contribution in [0.15, 0.2) is 134 Å². The second-order valence-electron chi connectivity index (χ2n) is 19.7. The van der Waals surface area contributed by atoms with Gasteiger partial charge in [-0.05, 0) is 103 Å². The van der Waals surface area contributed by atoms with Crippen molar-refractivity contribution in [2.24, 2.45) is 0 Å². The lowest BCUT2D eigenvalue weighted by Crippen LogP contribution is -2.30. The van der Waals surface area contributed by atoms with Gasteiger partial charge in [-0.1, -0.05) is 270 Å². The van der Waals surface area contributed by atoms with Crippen molar-refractivity contribution in [3.05, 3.63) is 134 Å². The molecule has 0 aromatic carbocycles. The molecule has 0 heterocycles. The predicted octanol–water partition coefficient (Wildman–Crippen LogP) is 20.6. The molecule has 0 aromatic rings. The van der Waals surface area contributed by atoms with E-state index in [1.54, 1.807) is 0 Å². The zero-order valence-electron chi connectivity index (χ0n) is 47.8. The lowest BCUT2D eigenvalue weighted by molar-refractivity contribution is -0.167. The summed E-state index contributed by atoms with van der Waals surface area (Å²) in [4.78, 5) is 38.3. The smallest absolute Gasteiger partial charge is 0.306 e. The number of hydrogen-bond donors (Lipinski definition) is 0. The molecule has 0 saturated carbocycles. The van der Waals surface area contributed by atoms with Crippen LogP contribution in [0, 0.1) is 0 Å². The van der Waals surface area contributed by atoms with Gasteiger partial charge in [0.15, 0.2) is 6.10 Å². The van der Waals surface area contributed by atoms with E-state index in [0.29, 0.717) is 19.3 Å². The maximum Gasteiger partial charge on any atom is 0.306 e. The van der Waals surface area contributed by atoms with Crippen LogP contribution in [0.1, 0.15) is 258 Å². The maximum atomic E-state index is 12.9. The second kappa shape index (κ2) is 61.1. The molecule has 0 aliphatic heterocycles. The third-order valence-corrected chi connectivity index (χ3v) is 12.5. The summed E-state index contributed by atoms with van der Waals surface area (Å²) in [7, 11) is 0. The zero-order valence-corrected chi connectivity index (χ0v) is 47.8. The molecule has 0 bridgehead atoms. The lowest BCUT2D eigenvalue weighted by Gasteiger charge is -2.18. The van der Waals surface area contributed by atoms with E-state index in [-0.39, 0.29) is 31.1 Å². The van der Waals surface area contributed by atoms with Crippen LogP contribution in [0.5, 0.6) is 0 Å². The van der Waals surface area contributed by atoms with E-state index in [1.807, 2.05) is 24.3 Å². The highest BCUT2D eigenvalue weighted by Crippen LogP contribution is 2.15. The summed E-state index contributed by atoms with van der Waals surface area (Å²) >= 11 is 0. The zero-order chi connectivity index (χ0) is 53.6. The number of hydrogen-bond acceptors (Lipinski definition) is 6. The summed E-state index contributed by atoms with van der Waals surface area (Å²) in [6, 6.07) is 0. The monoisotopic (exact) mass is 1020 g/mol. The summed E-state index contributed by atoms with van der Waals surface area (Å²) in [5.74, 6) is -0.941. The standard InChI is InChI=1S/C68H110O6/c1-4-7-10-13-16-19-22-25-28-31-34-37-40-43-46-49-52-55-58-61-67(70)73-64-65(63-72-66(69)60-57-54-51-48-45-42-39-36-33-30-27-24-21-18-15-12-9-6-3)74-68(71)62-59-56-53-50-47-44-41-38-35-32-29-26-23-20-17-14-11-8-5-2/h7,10,12,15-21,23-28,30,33-34,36-37,39,65H,4-6,8-9,11,13-14,22,29,31-32,35,38,40-64H2,1-3H3/b10-7-,15-12-,19-16-,20-17-,21-18-,26-23-,27-24-,28-25-,33-30-,37-34-,39-36-. The molecule has 0 amide bonds. The quantitative estimate of drug-likeness (QED) is 0.0199. The first-order chi connectivity index (χ1) is 36.5. The molecule has 0 rings (SSSR count). The first-order valence-electron chi connectivity index (χ1n) is 30.3. The highest BCUT2D eigenvalue weighted by molar-refractivity contribution is 5.71. The molecular weight excluding hydrogens is 913 g/mol. The molecule has 0 aromatic heterocycles. The van der Waals surface area contributed by atoms with Gasteiger partial charge >= 0.3 is 17.9 Å². The lowest BCUT2D eigenvalue weighted by atomic mass is 10.1. The largest absolute Gasteiger partial charge is 0.462 e. The minimum absolute atomic E-state index is 0.0995. The number of carbonyl (C=O) groups is 3. The van der Waals surface area contributed by atoms with E-state index in [4.69, 9.17) is 14.2 Å². The predicted molar refractivity (Wildman–Crippen MR) is 320 cm³/mol. The van der Waals surface area contributed by atoms with Crippen LogP contribution in [-0.4, -0.2) is 37.2 Å². The van der Waals surface area contributed by atoms with Gasteiger partial charge in [0.25, 0.3) is 0 Å². The average Bonchev–Trinajstić information content (AvgIpc) is 3.40. The van der Waals surface area contributed by atoms with E-state index in [0.717, 1.165) is 122 Å². The Morgan fingerprint density at radius 3 is 1.01 bits per heavy atom. The SMILES string of the molecule is CC/C=C\C/C=C\C/C=C\C/C=C\CCCCCCCCC(=O)OCC(COC(=O)CCCCCCC\C=C/C=C\C=C/C=C\C=C/CCC)OC(=O)CCCCCCCCCCCC/C=C\C=C/CCCCC. The molecular formula is C68H110O6. The maximum absolute atomic E-state index is 12.9. The van der Waals surface area contributed by atoms with Crippen LogP contribution in [0.3, 0.4) is 0 Å². The summed E-state index contributed by atoms with van der Waals surface area (Å²) < 4.78 is 16.9. The van der Waals surface area contributed by atoms with E-state index in [1.165, 1.54) is 96.3 Å². The van der Waals surface area contributed by atoms with Crippen LogP contribution in [0.2, 0.25) is 0 Å². The fraction of sp³-hybridized carbons (Fsp3) is 0.632. The Bertz CT molecular complexity index is 1600. The first-order valence-corrected chi connectivity index (χ1v) is 30.3. The van der Waals surface area contributed by atoms with E-state index < -0.39 is 6.10 Å². The van der Waals surface area contributed by atoms with E-state index in [9.17, 15) is 14.4 Å². The van der Waals surface area contributed by atoms with E-state index >= 15 is 0 Å². The fourth-order valence-corrected chi connectivity index (χ4v) is 7.98. The average molecular weight is 1020 g/mol. The minimum Gasteiger partial charge on any atom is -0.462 e. The highest BCUT2D eigenvalue weighted by atomic mass is 16.6. The van der Waals surface area contributed by atoms with Crippen molar-refractivity contribution in [1.29, 1.82) is 0 Å². The van der Waals surface area contributed by atoms with Gasteiger partial charge in [-0.15, -0.1) is 0 Å². The Hall–Kier alpha value is -4.45. The molecule has 418 valence electrons. The summed E-state index contributed by atoms with van der Waals surface area (Å²) in [6.07, 6.45) is 85.7. The molecule has 0 spiro atoms. The number of allylic oxidation sites excluding steroid dienone is 22. The molecule has 1 atom stereocenters. The van der Waals surface area contributed by atoms with Crippen molar-refractivity contribution in [2.75, 3.05) is 13.2 Å². The van der Waals surface area contributed by atoms with Gasteiger partial charge in [-0.2, -0.15) is 0 Å². The van der Waals surface area contributed by atoms with Crippen molar-refractivity contribution in [3.63, 3.8) is 0 Å². The number of esters is 3. The Kier molecular flexibility index (Phi) is 57.4. The molecule has 74 heavy (non-hydrogen) atoms. The Labute approximate surface area is 455 Å². The molecule has 6 nitrogen and oxygen atoms in total. The van der Waals surface area contributed by atoms with Crippen LogP contribution in [0.4, 0.5) is 0 Å². The van der Waals surface area contributed by atoms with Gasteiger partial charge in [0, 0.05) is 19.3 Å². The van der Waals surface area contributed by atoms with Crippen LogP contribution in [-0.2, 0) is 28.6 Å². The van der Waals surface area contributed by atoms with Gasteiger partial charge in [0.2, 0.25) is 0 Å². The summed E-state index contributed by atoms with van der Waals surface area (Å²) in [5.41, 5.74) is 0. The Morgan fingerprint density at radius 2 is 0.608 bits per heavy atom. The molecule has 0 fully saturated rings. The van der Waals surface area contributed by atoms with Crippen molar-refractivity contribution >= 4 is 17.9 Å². The van der Waals surface area contributed by atoms with Crippen LogP contribution in [0.25, 0.3) is 0 Å². The van der Waals surface area contributed by atoms with Gasteiger partial charge in [-0.3, -0.25) is 14.4 Å². The van der Waals surface area contributed by atoms with Crippen LogP contribution >= 0.6 is 0 Å². The molecule has 0 radical (unpaired) electrons. The van der Waals surface area contributed by atoms with Gasteiger partial charge in [-0.25, -0.2) is 0 Å². The summed E-state index contributed by atoms with van der Waals surface area (Å²) in [5, 5.41) is 0. The second-order valence-corrected chi connectivity index (χ2v) is 19.7. The molecule has 0 aliphatic rings. The third-order valence-electron chi connectivity index (χ3n) is 12.5. The van der Waals surface area contributed by atoms with Crippen molar-refractivity contribution < 1.29 is 28.6 Å². The number of rotatable bonds is 53. The van der Waals surface area contributed by atoms with Crippen molar-refractivity contribution in [3.8, 4) is 0 Å². The molecule has 6 heteroatoms. The molecule has 0 saturated heterocycles. The van der Waals surface area contributed by atoms with Crippen molar-refractivity contribution in [2.45, 2.75) is 264 Å². The number of ether oxygens (including phenoxy) is 3. The number of unbranched alkanes of at least 4 members (excludes halogenated alkanes) is 25. The summed E-state index contributed by atoms with van der Waals surface area (Å²) in [6.45, 7) is 6.38. The van der Waals surface area contributed by atoms with Crippen molar-refractivity contribution in [1.82, 2.24) is 0 Å². The fourth-order valence-electron chi connectivity index (χ4n) is 7.98. The molecule has 1 unspecified atom stereocenters. The van der Waals surface area contributed by atoms with Gasteiger partial charge < -0.3 is 14.2 Å². The number of carbonyl (C=O) groups excluding carboxylic acids is 3. The third kappa shape index (κ3) is 58.4. The normalized spacial score (nSPS) is 13.1. The van der Waals surface area contributed by atoms with E-state index in [2.05, 4.69) is 130 Å². The Balaban J connectivity index is 4.49. The molecule has 0 aliphatic carbocycles. The van der Waals surface area contributed by atoms with Crippen LogP contribution < -0.4 is 0 Å². The highest BCUT2D eigenvalue weighted by Gasteiger charge is 2.19.